The molecule has 2 aromatic carbocycles. The summed E-state index contributed by atoms with van der Waals surface area (Å²) in [5.41, 5.74) is 2.05. The van der Waals surface area contributed by atoms with Crippen molar-refractivity contribution in [1.29, 1.82) is 0 Å². The van der Waals surface area contributed by atoms with E-state index in [9.17, 15) is 8.60 Å². The number of halogens is 1. The lowest BCUT2D eigenvalue weighted by Crippen LogP contribution is -2.21. The lowest BCUT2D eigenvalue weighted by atomic mass is 10.1. The third-order valence-electron chi connectivity index (χ3n) is 3.72. The molecule has 1 atom stereocenters. The van der Waals surface area contributed by atoms with Crippen LogP contribution in [-0.4, -0.2) is 21.3 Å². The topological polar surface area (TPSA) is 38.7 Å². The molecular formula is C21H26FNO2S. The van der Waals surface area contributed by atoms with Crippen LogP contribution in [0.1, 0.15) is 44.7 Å². The number of ether oxygens (including phenoxy) is 1. The van der Waals surface area contributed by atoms with E-state index in [-0.39, 0.29) is 5.82 Å². The van der Waals surface area contributed by atoms with Crippen molar-refractivity contribution < 1.29 is 13.3 Å². The van der Waals surface area contributed by atoms with E-state index < -0.39 is 15.7 Å². The highest BCUT2D eigenvalue weighted by Gasteiger charge is 2.21. The highest BCUT2D eigenvalue weighted by atomic mass is 32.2. The van der Waals surface area contributed by atoms with Gasteiger partial charge in [0.1, 0.15) is 16.8 Å². The zero-order chi connectivity index (χ0) is 19.0. The van der Waals surface area contributed by atoms with Gasteiger partial charge in [0.25, 0.3) is 0 Å². The van der Waals surface area contributed by atoms with E-state index in [0.717, 1.165) is 5.56 Å². The molecule has 0 saturated carbocycles. The first kappa shape index (κ1) is 20.5. The lowest BCUT2D eigenvalue weighted by Gasteiger charge is -2.15. The molecule has 2 aromatic rings. The Bertz CT molecular complexity index is 754. The summed E-state index contributed by atoms with van der Waals surface area (Å²) in [7, 11) is -1.43. The summed E-state index contributed by atoms with van der Waals surface area (Å²) in [5, 5.41) is 0. The summed E-state index contributed by atoms with van der Waals surface area (Å²) < 4.78 is 36.1. The Balaban J connectivity index is 2.00. The molecule has 26 heavy (non-hydrogen) atoms. The molecule has 0 amide bonds. The minimum atomic E-state index is -1.43. The summed E-state index contributed by atoms with van der Waals surface area (Å²) in [6.07, 6.45) is 1.19. The second-order valence-electron chi connectivity index (χ2n) is 7.02. The fraction of sp³-hybridized carbons (Fsp3) is 0.381. The summed E-state index contributed by atoms with van der Waals surface area (Å²) in [6, 6.07) is 16.4. The van der Waals surface area contributed by atoms with Crippen molar-refractivity contribution in [3.63, 3.8) is 0 Å². The van der Waals surface area contributed by atoms with Crippen molar-refractivity contribution in [2.75, 3.05) is 6.61 Å². The minimum Gasteiger partial charge on any atom is -0.377 e. The van der Waals surface area contributed by atoms with Crippen molar-refractivity contribution in [3.8, 4) is 0 Å². The summed E-state index contributed by atoms with van der Waals surface area (Å²) >= 11 is 0. The third-order valence-corrected chi connectivity index (χ3v) is 5.15. The Morgan fingerprint density at radius 2 is 1.73 bits per heavy atom. The van der Waals surface area contributed by atoms with Crippen molar-refractivity contribution in [1.82, 2.24) is 0 Å². The lowest BCUT2D eigenvalue weighted by molar-refractivity contribution is 0.120. The van der Waals surface area contributed by atoms with E-state index in [0.29, 0.717) is 37.3 Å². The second kappa shape index (κ2) is 9.74. The molecule has 1 unspecified atom stereocenters. The maximum Gasteiger partial charge on any atom is 0.145 e. The predicted octanol–water partition coefficient (Wildman–Crippen LogP) is 5.07. The van der Waals surface area contributed by atoms with Gasteiger partial charge < -0.3 is 4.74 Å². The summed E-state index contributed by atoms with van der Waals surface area (Å²) in [5.74, 6) is -0.345. The number of hydrogen-bond acceptors (Lipinski definition) is 2. The van der Waals surface area contributed by atoms with E-state index in [1.807, 2.05) is 51.1 Å². The Morgan fingerprint density at radius 1 is 1.08 bits per heavy atom. The second-order valence-corrected chi connectivity index (χ2v) is 8.93. The summed E-state index contributed by atoms with van der Waals surface area (Å²) in [4.78, 5) is 0. The first-order chi connectivity index (χ1) is 12.4. The van der Waals surface area contributed by atoms with Gasteiger partial charge >= 0.3 is 0 Å². The first-order valence-corrected chi connectivity index (χ1v) is 9.85. The van der Waals surface area contributed by atoms with Crippen LogP contribution in [0.2, 0.25) is 0 Å². The molecule has 0 aliphatic carbocycles. The van der Waals surface area contributed by atoms with Crippen LogP contribution < -0.4 is 0 Å². The zero-order valence-corrected chi connectivity index (χ0v) is 16.4. The van der Waals surface area contributed by atoms with E-state index in [1.54, 1.807) is 18.2 Å². The number of benzene rings is 2. The Labute approximate surface area is 157 Å². The molecule has 0 radical (unpaired) electrons. The fourth-order valence-corrected chi connectivity index (χ4v) is 2.93. The highest BCUT2D eigenvalue weighted by molar-refractivity contribution is 7.85. The van der Waals surface area contributed by atoms with Crippen LogP contribution in [0.3, 0.4) is 0 Å². The fourth-order valence-electron chi connectivity index (χ4n) is 2.27. The van der Waals surface area contributed by atoms with Crippen molar-refractivity contribution >= 4 is 16.7 Å². The van der Waals surface area contributed by atoms with Crippen LogP contribution >= 0.6 is 0 Å². The van der Waals surface area contributed by atoms with E-state index in [4.69, 9.17) is 4.74 Å². The Hall–Kier alpha value is -1.85. The van der Waals surface area contributed by atoms with Crippen LogP contribution in [0.25, 0.3) is 0 Å². The van der Waals surface area contributed by atoms with Crippen LogP contribution in [0.4, 0.5) is 4.39 Å². The van der Waals surface area contributed by atoms with Crippen molar-refractivity contribution in [3.05, 3.63) is 71.5 Å². The van der Waals surface area contributed by atoms with Crippen LogP contribution in [0.15, 0.2) is 59.0 Å². The quantitative estimate of drug-likeness (QED) is 0.477. The standard InChI is InChI=1S/C21H26FNO2S/c1-21(2,3)26(24)23-20(18-12-7-8-13-19(18)22)14-9-15-25-16-17-10-5-4-6-11-17/h4-8,10-13H,9,14-16H2,1-3H3/b23-20+. The zero-order valence-electron chi connectivity index (χ0n) is 15.6. The average molecular weight is 376 g/mol. The molecular weight excluding hydrogens is 349 g/mol. The van der Waals surface area contributed by atoms with Gasteiger partial charge in [-0.1, -0.05) is 48.5 Å². The number of rotatable bonds is 8. The normalized spacial score (nSPS) is 13.6. The van der Waals surface area contributed by atoms with Gasteiger partial charge in [-0.2, -0.15) is 4.40 Å². The maximum absolute atomic E-state index is 14.2. The highest BCUT2D eigenvalue weighted by Crippen LogP contribution is 2.18. The molecule has 0 spiro atoms. The number of nitrogens with zero attached hydrogens (tertiary/aromatic N) is 1. The van der Waals surface area contributed by atoms with Crippen molar-refractivity contribution in [2.45, 2.75) is 45.0 Å². The molecule has 2 rings (SSSR count). The predicted molar refractivity (Wildman–Crippen MR) is 106 cm³/mol. The molecule has 140 valence electrons. The van der Waals surface area contributed by atoms with E-state index in [2.05, 4.69) is 4.40 Å². The molecule has 0 heterocycles. The minimum absolute atomic E-state index is 0.345. The molecule has 0 N–H and O–H groups in total. The van der Waals surface area contributed by atoms with E-state index in [1.165, 1.54) is 6.07 Å². The maximum atomic E-state index is 14.2. The van der Waals surface area contributed by atoms with Gasteiger partial charge in [-0.15, -0.1) is 0 Å². The van der Waals surface area contributed by atoms with Gasteiger partial charge in [-0.25, -0.2) is 8.60 Å². The largest absolute Gasteiger partial charge is 0.377 e. The van der Waals surface area contributed by atoms with Gasteiger partial charge in [0.05, 0.1) is 17.1 Å². The monoisotopic (exact) mass is 375 g/mol. The van der Waals surface area contributed by atoms with Gasteiger partial charge in [0, 0.05) is 12.2 Å². The SMILES string of the molecule is CC(C)(C)S(=O)/N=C(\CCCOCc1ccccc1)c1ccccc1F. The number of hydrogen-bond donors (Lipinski definition) is 0. The molecule has 0 fully saturated rings. The Morgan fingerprint density at radius 3 is 2.38 bits per heavy atom. The molecule has 0 aliphatic heterocycles. The van der Waals surface area contributed by atoms with Crippen LogP contribution in [0.5, 0.6) is 0 Å². The molecule has 0 saturated heterocycles. The van der Waals surface area contributed by atoms with Gasteiger partial charge in [0.15, 0.2) is 0 Å². The smallest absolute Gasteiger partial charge is 0.145 e. The first-order valence-electron chi connectivity index (χ1n) is 8.74. The van der Waals surface area contributed by atoms with Gasteiger partial charge in [-0.05, 0) is 45.2 Å². The molecule has 0 aromatic heterocycles. The van der Waals surface area contributed by atoms with Crippen LogP contribution in [-0.2, 0) is 22.3 Å². The third kappa shape index (κ3) is 6.46. The Kier molecular flexibility index (Phi) is 7.66. The molecule has 0 bridgehead atoms. The summed E-state index contributed by atoms with van der Waals surface area (Å²) in [6.45, 7) is 6.64. The molecule has 3 nitrogen and oxygen atoms in total. The van der Waals surface area contributed by atoms with Crippen LogP contribution in [0, 0.1) is 5.82 Å². The average Bonchev–Trinajstić information content (AvgIpc) is 2.61. The van der Waals surface area contributed by atoms with Gasteiger partial charge in [-0.3, -0.25) is 0 Å². The van der Waals surface area contributed by atoms with Crippen molar-refractivity contribution in [2.24, 2.45) is 4.40 Å². The van der Waals surface area contributed by atoms with Gasteiger partial charge in [0.2, 0.25) is 0 Å². The molecule has 0 aliphatic rings. The van der Waals surface area contributed by atoms with E-state index >= 15 is 0 Å². The molecule has 5 heteroatoms.